The molecule has 0 aliphatic rings. The molecular formula is C14H13F2NO3S. The van der Waals surface area contributed by atoms with Gasteiger partial charge in [0.25, 0.3) is 10.0 Å². The van der Waals surface area contributed by atoms with E-state index in [4.69, 9.17) is 0 Å². The fourth-order valence-corrected chi connectivity index (χ4v) is 2.97. The lowest BCUT2D eigenvalue weighted by atomic mass is 10.1. The third kappa shape index (κ3) is 3.56. The summed E-state index contributed by atoms with van der Waals surface area (Å²) in [6.45, 7) is 1.48. The second-order valence-electron chi connectivity index (χ2n) is 4.47. The number of hydrogen-bond acceptors (Lipinski definition) is 3. The molecule has 0 bridgehead atoms. The first-order valence-electron chi connectivity index (χ1n) is 6.05. The van der Waals surface area contributed by atoms with E-state index in [1.54, 1.807) is 18.2 Å². The van der Waals surface area contributed by atoms with E-state index in [9.17, 15) is 22.3 Å². The number of sulfonamides is 1. The largest absolute Gasteiger partial charge is 0.389 e. The smallest absolute Gasteiger partial charge is 0.262 e. The molecule has 21 heavy (non-hydrogen) atoms. The zero-order chi connectivity index (χ0) is 15.6. The normalized spacial score (nSPS) is 13.0. The molecule has 2 aromatic rings. The van der Waals surface area contributed by atoms with Crippen molar-refractivity contribution in [2.24, 2.45) is 0 Å². The van der Waals surface area contributed by atoms with Gasteiger partial charge in [-0.05, 0) is 25.1 Å². The van der Waals surface area contributed by atoms with Crippen molar-refractivity contribution in [3.63, 3.8) is 0 Å². The first-order valence-corrected chi connectivity index (χ1v) is 7.54. The Morgan fingerprint density at radius 3 is 2.24 bits per heavy atom. The van der Waals surface area contributed by atoms with Gasteiger partial charge in [0.1, 0.15) is 11.6 Å². The summed E-state index contributed by atoms with van der Waals surface area (Å²) in [5.74, 6) is -1.97. The van der Waals surface area contributed by atoms with Crippen molar-refractivity contribution in [3.05, 3.63) is 59.7 Å². The number of para-hydroxylation sites is 1. The molecule has 0 heterocycles. The summed E-state index contributed by atoms with van der Waals surface area (Å²) < 4.78 is 52.8. The topological polar surface area (TPSA) is 66.4 Å². The number of aliphatic hydroxyl groups is 1. The highest BCUT2D eigenvalue weighted by Gasteiger charge is 2.19. The van der Waals surface area contributed by atoms with Crippen molar-refractivity contribution in [2.75, 3.05) is 4.72 Å². The molecule has 1 unspecified atom stereocenters. The van der Waals surface area contributed by atoms with E-state index in [0.717, 1.165) is 12.1 Å². The van der Waals surface area contributed by atoms with Crippen molar-refractivity contribution >= 4 is 15.7 Å². The highest BCUT2D eigenvalue weighted by Crippen LogP contribution is 2.25. The molecular weight excluding hydrogens is 300 g/mol. The van der Waals surface area contributed by atoms with Crippen molar-refractivity contribution in [1.82, 2.24) is 0 Å². The third-order valence-corrected chi connectivity index (χ3v) is 4.15. The van der Waals surface area contributed by atoms with E-state index < -0.39 is 32.7 Å². The molecule has 0 amide bonds. The minimum absolute atomic E-state index is 0.150. The van der Waals surface area contributed by atoms with E-state index in [-0.39, 0.29) is 5.69 Å². The van der Waals surface area contributed by atoms with Crippen molar-refractivity contribution in [3.8, 4) is 0 Å². The average molecular weight is 313 g/mol. The van der Waals surface area contributed by atoms with Crippen LogP contribution in [0.25, 0.3) is 0 Å². The van der Waals surface area contributed by atoms with Crippen LogP contribution < -0.4 is 4.72 Å². The van der Waals surface area contributed by atoms with Gasteiger partial charge >= 0.3 is 0 Å². The van der Waals surface area contributed by atoms with Crippen molar-refractivity contribution in [1.29, 1.82) is 0 Å². The summed E-state index contributed by atoms with van der Waals surface area (Å²) in [5, 5.41) is 9.61. The first-order chi connectivity index (χ1) is 9.79. The number of nitrogens with one attached hydrogen (secondary N) is 1. The van der Waals surface area contributed by atoms with E-state index in [0.29, 0.717) is 11.6 Å². The van der Waals surface area contributed by atoms with E-state index in [2.05, 4.69) is 4.72 Å². The Labute approximate surface area is 121 Å². The van der Waals surface area contributed by atoms with E-state index in [1.807, 2.05) is 0 Å². The summed E-state index contributed by atoms with van der Waals surface area (Å²) in [7, 11) is -4.16. The van der Waals surface area contributed by atoms with Gasteiger partial charge in [0.05, 0.1) is 16.7 Å². The van der Waals surface area contributed by atoms with Crippen LogP contribution >= 0.6 is 0 Å². The molecule has 1 atom stereocenters. The summed E-state index contributed by atoms with van der Waals surface area (Å²) >= 11 is 0. The van der Waals surface area contributed by atoms with Crippen LogP contribution in [0.5, 0.6) is 0 Å². The molecule has 0 fully saturated rings. The number of anilines is 1. The van der Waals surface area contributed by atoms with Gasteiger partial charge in [0.2, 0.25) is 0 Å². The fraction of sp³-hybridized carbons (Fsp3) is 0.143. The van der Waals surface area contributed by atoms with Crippen LogP contribution in [0.1, 0.15) is 18.6 Å². The van der Waals surface area contributed by atoms with Gasteiger partial charge in [0, 0.05) is 11.6 Å². The molecule has 0 aliphatic carbocycles. The SMILES string of the molecule is CC(O)c1ccccc1NS(=O)(=O)c1cc(F)cc(F)c1. The summed E-state index contributed by atoms with van der Waals surface area (Å²) in [5.41, 5.74) is 0.509. The summed E-state index contributed by atoms with van der Waals surface area (Å²) in [4.78, 5) is -0.527. The van der Waals surface area contributed by atoms with Gasteiger partial charge in [-0.25, -0.2) is 17.2 Å². The number of aliphatic hydroxyl groups excluding tert-OH is 1. The van der Waals surface area contributed by atoms with E-state index in [1.165, 1.54) is 13.0 Å². The van der Waals surface area contributed by atoms with Gasteiger partial charge in [-0.2, -0.15) is 0 Å². The van der Waals surface area contributed by atoms with Gasteiger partial charge in [-0.1, -0.05) is 18.2 Å². The zero-order valence-corrected chi connectivity index (χ0v) is 11.9. The Bertz CT molecular complexity index is 740. The second-order valence-corrected chi connectivity index (χ2v) is 6.16. The number of benzene rings is 2. The number of hydrogen-bond donors (Lipinski definition) is 2. The predicted molar refractivity (Wildman–Crippen MR) is 74.2 cm³/mol. The molecule has 4 nitrogen and oxygen atoms in total. The molecule has 2 rings (SSSR count). The summed E-state index contributed by atoms with van der Waals surface area (Å²) in [6.07, 6.45) is -0.895. The number of rotatable bonds is 4. The molecule has 2 aromatic carbocycles. The average Bonchev–Trinajstić information content (AvgIpc) is 2.37. The maximum absolute atomic E-state index is 13.1. The lowest BCUT2D eigenvalue weighted by Crippen LogP contribution is -2.15. The molecule has 112 valence electrons. The lowest BCUT2D eigenvalue weighted by Gasteiger charge is -2.14. The molecule has 0 radical (unpaired) electrons. The van der Waals surface area contributed by atoms with Crippen LogP contribution in [0.15, 0.2) is 47.4 Å². The van der Waals surface area contributed by atoms with E-state index >= 15 is 0 Å². The van der Waals surface area contributed by atoms with Crippen molar-refractivity contribution in [2.45, 2.75) is 17.9 Å². The van der Waals surface area contributed by atoms with Crippen molar-refractivity contribution < 1.29 is 22.3 Å². The van der Waals surface area contributed by atoms with Crippen LogP contribution in [-0.2, 0) is 10.0 Å². The second kappa shape index (κ2) is 5.79. The maximum Gasteiger partial charge on any atom is 0.262 e. The lowest BCUT2D eigenvalue weighted by molar-refractivity contribution is 0.200. The molecule has 2 N–H and O–H groups in total. The molecule has 0 aliphatic heterocycles. The highest BCUT2D eigenvalue weighted by atomic mass is 32.2. The molecule has 0 saturated carbocycles. The Morgan fingerprint density at radius 1 is 1.10 bits per heavy atom. The number of halogens is 2. The maximum atomic E-state index is 13.1. The zero-order valence-electron chi connectivity index (χ0n) is 11.0. The Morgan fingerprint density at radius 2 is 1.67 bits per heavy atom. The van der Waals surface area contributed by atoms with Gasteiger partial charge in [0.15, 0.2) is 0 Å². The molecule has 0 spiro atoms. The minimum Gasteiger partial charge on any atom is -0.389 e. The van der Waals surface area contributed by atoms with Crippen LogP contribution in [0.3, 0.4) is 0 Å². The Balaban J connectivity index is 2.42. The Kier molecular flexibility index (Phi) is 4.24. The third-order valence-electron chi connectivity index (χ3n) is 2.80. The van der Waals surface area contributed by atoms with Crippen LogP contribution in [0.4, 0.5) is 14.5 Å². The van der Waals surface area contributed by atoms with Gasteiger partial charge in [-0.3, -0.25) is 4.72 Å². The van der Waals surface area contributed by atoms with Crippen LogP contribution in [-0.4, -0.2) is 13.5 Å². The summed E-state index contributed by atoms with van der Waals surface area (Å²) in [6, 6.07) is 8.25. The highest BCUT2D eigenvalue weighted by molar-refractivity contribution is 7.92. The standard InChI is InChI=1S/C14H13F2NO3S/c1-9(18)13-4-2-3-5-14(13)17-21(19,20)12-7-10(15)6-11(16)8-12/h2-9,17-18H,1H3. The monoisotopic (exact) mass is 313 g/mol. The molecule has 7 heteroatoms. The Hall–Kier alpha value is -1.99. The first kappa shape index (κ1) is 15.4. The minimum atomic E-state index is -4.16. The molecule has 0 aromatic heterocycles. The predicted octanol–water partition coefficient (Wildman–Crippen LogP) is 2.82. The quantitative estimate of drug-likeness (QED) is 0.912. The van der Waals surface area contributed by atoms with Crippen LogP contribution in [0.2, 0.25) is 0 Å². The van der Waals surface area contributed by atoms with Crippen LogP contribution in [0, 0.1) is 11.6 Å². The fourth-order valence-electron chi connectivity index (χ4n) is 1.84. The molecule has 0 saturated heterocycles. The van der Waals surface area contributed by atoms with Gasteiger partial charge < -0.3 is 5.11 Å². The van der Waals surface area contributed by atoms with Gasteiger partial charge in [-0.15, -0.1) is 0 Å².